The third kappa shape index (κ3) is 4.47. The van der Waals surface area contributed by atoms with Crippen molar-refractivity contribution in [3.8, 4) is 11.5 Å². The molecule has 0 aromatic heterocycles. The van der Waals surface area contributed by atoms with Crippen molar-refractivity contribution < 1.29 is 19.1 Å². The Kier molecular flexibility index (Phi) is 6.05. The molecular formula is C25H26ClNO4. The Labute approximate surface area is 187 Å². The molecule has 1 aliphatic heterocycles. The number of nitrogens with one attached hydrogen (secondary N) is 1. The highest BCUT2D eigenvalue weighted by Gasteiger charge is 2.38. The second kappa shape index (κ2) is 8.75. The molecule has 6 heteroatoms. The molecule has 2 aromatic carbocycles. The third-order valence-corrected chi connectivity index (χ3v) is 6.04. The summed E-state index contributed by atoms with van der Waals surface area (Å²) in [5.74, 6) is 1.02. The minimum absolute atomic E-state index is 0.0320. The summed E-state index contributed by atoms with van der Waals surface area (Å²) in [6.45, 7) is 3.92. The highest BCUT2D eigenvalue weighted by molar-refractivity contribution is 6.30. The minimum Gasteiger partial charge on any atom is -0.493 e. The smallest absolute Gasteiger partial charge is 0.225 e. The maximum absolute atomic E-state index is 13.3. The Morgan fingerprint density at radius 2 is 1.81 bits per heavy atom. The molecule has 1 N–H and O–H groups in total. The predicted octanol–water partition coefficient (Wildman–Crippen LogP) is 5.14. The van der Waals surface area contributed by atoms with E-state index >= 15 is 0 Å². The van der Waals surface area contributed by atoms with E-state index in [4.69, 9.17) is 21.1 Å². The molecule has 2 aromatic rings. The van der Waals surface area contributed by atoms with Gasteiger partial charge in [0.1, 0.15) is 0 Å². The monoisotopic (exact) mass is 439 g/mol. The molecule has 0 spiro atoms. The highest BCUT2D eigenvalue weighted by atomic mass is 35.5. The van der Waals surface area contributed by atoms with Crippen LogP contribution in [0.25, 0.3) is 0 Å². The van der Waals surface area contributed by atoms with Gasteiger partial charge in [-0.2, -0.15) is 0 Å². The van der Waals surface area contributed by atoms with Crippen LogP contribution in [0.1, 0.15) is 56.1 Å². The van der Waals surface area contributed by atoms with Gasteiger partial charge < -0.3 is 14.8 Å². The molecule has 2 aliphatic rings. The lowest BCUT2D eigenvalue weighted by Gasteiger charge is -2.34. The summed E-state index contributed by atoms with van der Waals surface area (Å²) in [5.41, 5.74) is 3.33. The Morgan fingerprint density at radius 3 is 2.52 bits per heavy atom. The number of hydrogen-bond donors (Lipinski definition) is 1. The standard InChI is InChI=1S/C25H26ClNO4/c1-14(2)31-22-8-7-15(12-23(22)30-3)17-10-20-25(21(28)11-17)19(13-24(29)27-20)16-5-4-6-18(26)9-16/h4-9,12,14,17,19H,10-11,13H2,1-3H3,(H,27,29)/t17-,19+/m0/s1. The van der Waals surface area contributed by atoms with E-state index in [2.05, 4.69) is 5.32 Å². The Morgan fingerprint density at radius 1 is 1.00 bits per heavy atom. The van der Waals surface area contributed by atoms with Crippen LogP contribution in [0.3, 0.4) is 0 Å². The number of halogens is 1. The van der Waals surface area contributed by atoms with E-state index in [1.807, 2.05) is 50.2 Å². The van der Waals surface area contributed by atoms with Crippen LogP contribution in [0, 0.1) is 0 Å². The molecule has 31 heavy (non-hydrogen) atoms. The molecule has 0 fully saturated rings. The van der Waals surface area contributed by atoms with E-state index in [1.54, 1.807) is 13.2 Å². The minimum atomic E-state index is -0.257. The normalized spacial score (nSPS) is 21.1. The lowest BCUT2D eigenvalue weighted by Crippen LogP contribution is -2.38. The second-order valence-corrected chi connectivity index (χ2v) is 8.79. The van der Waals surface area contributed by atoms with Crippen molar-refractivity contribution in [2.45, 2.75) is 51.0 Å². The van der Waals surface area contributed by atoms with Crippen molar-refractivity contribution in [1.29, 1.82) is 0 Å². The van der Waals surface area contributed by atoms with Crippen LogP contribution in [0.4, 0.5) is 0 Å². The van der Waals surface area contributed by atoms with Crippen molar-refractivity contribution in [3.63, 3.8) is 0 Å². The molecule has 1 aliphatic carbocycles. The van der Waals surface area contributed by atoms with Crippen LogP contribution in [-0.4, -0.2) is 24.9 Å². The number of hydrogen-bond acceptors (Lipinski definition) is 4. The average Bonchev–Trinajstić information content (AvgIpc) is 2.72. The third-order valence-electron chi connectivity index (χ3n) is 5.81. The van der Waals surface area contributed by atoms with Crippen LogP contribution >= 0.6 is 11.6 Å². The van der Waals surface area contributed by atoms with Gasteiger partial charge in [0.15, 0.2) is 17.3 Å². The first-order valence-electron chi connectivity index (χ1n) is 10.5. The number of carbonyl (C=O) groups is 2. The lowest BCUT2D eigenvalue weighted by molar-refractivity contribution is -0.122. The molecule has 162 valence electrons. The fourth-order valence-corrected chi connectivity index (χ4v) is 4.69. The summed E-state index contributed by atoms with van der Waals surface area (Å²) >= 11 is 6.16. The van der Waals surface area contributed by atoms with E-state index < -0.39 is 0 Å². The van der Waals surface area contributed by atoms with Gasteiger partial charge in [-0.15, -0.1) is 0 Å². The van der Waals surface area contributed by atoms with Gasteiger partial charge in [0.05, 0.1) is 13.2 Å². The first-order chi connectivity index (χ1) is 14.9. The number of ketones is 1. The van der Waals surface area contributed by atoms with Crippen molar-refractivity contribution in [1.82, 2.24) is 5.32 Å². The maximum Gasteiger partial charge on any atom is 0.225 e. The number of methoxy groups -OCH3 is 1. The molecule has 0 unspecified atom stereocenters. The van der Waals surface area contributed by atoms with Crippen molar-refractivity contribution >= 4 is 23.3 Å². The molecule has 0 bridgehead atoms. The van der Waals surface area contributed by atoms with Gasteiger partial charge in [0.25, 0.3) is 0 Å². The van der Waals surface area contributed by atoms with E-state index in [1.165, 1.54) is 0 Å². The lowest BCUT2D eigenvalue weighted by atomic mass is 9.73. The molecule has 0 saturated heterocycles. The van der Waals surface area contributed by atoms with Crippen molar-refractivity contribution in [2.75, 3.05) is 7.11 Å². The van der Waals surface area contributed by atoms with Gasteiger partial charge in [-0.1, -0.05) is 29.8 Å². The van der Waals surface area contributed by atoms with Gasteiger partial charge >= 0.3 is 0 Å². The Bertz CT molecular complexity index is 1060. The van der Waals surface area contributed by atoms with E-state index in [-0.39, 0.29) is 36.1 Å². The summed E-state index contributed by atoms with van der Waals surface area (Å²) in [5, 5.41) is 3.56. The summed E-state index contributed by atoms with van der Waals surface area (Å²) < 4.78 is 11.3. The topological polar surface area (TPSA) is 64.6 Å². The zero-order chi connectivity index (χ0) is 22.1. The number of Topliss-reactive ketones (excluding diaryl/α,β-unsaturated/α-hetero) is 1. The van der Waals surface area contributed by atoms with E-state index in [0.717, 1.165) is 16.8 Å². The number of amides is 1. The molecule has 2 atom stereocenters. The van der Waals surface area contributed by atoms with Crippen LogP contribution in [-0.2, 0) is 9.59 Å². The largest absolute Gasteiger partial charge is 0.493 e. The van der Waals surface area contributed by atoms with Crippen molar-refractivity contribution in [3.05, 3.63) is 69.9 Å². The van der Waals surface area contributed by atoms with Crippen LogP contribution < -0.4 is 14.8 Å². The molecule has 0 saturated carbocycles. The number of allylic oxidation sites excluding steroid dienone is 2. The number of benzene rings is 2. The van der Waals surface area contributed by atoms with Crippen LogP contribution in [0.2, 0.25) is 5.02 Å². The molecule has 1 heterocycles. The summed E-state index contributed by atoms with van der Waals surface area (Å²) in [6, 6.07) is 13.2. The molecule has 5 nitrogen and oxygen atoms in total. The van der Waals surface area contributed by atoms with E-state index in [0.29, 0.717) is 34.9 Å². The zero-order valence-electron chi connectivity index (χ0n) is 17.9. The number of ether oxygens (including phenoxy) is 2. The number of rotatable bonds is 5. The van der Waals surface area contributed by atoms with Crippen LogP contribution in [0.15, 0.2) is 53.7 Å². The van der Waals surface area contributed by atoms with Gasteiger partial charge in [0.2, 0.25) is 5.91 Å². The predicted molar refractivity (Wildman–Crippen MR) is 120 cm³/mol. The molecule has 1 amide bonds. The van der Waals surface area contributed by atoms with Crippen LogP contribution in [0.5, 0.6) is 11.5 Å². The SMILES string of the molecule is COc1cc([C@@H]2CC(=O)C3=C(C2)NC(=O)C[C@@H]3c2cccc(Cl)c2)ccc1OC(C)C. The molecular weight excluding hydrogens is 414 g/mol. The van der Waals surface area contributed by atoms with E-state index in [9.17, 15) is 9.59 Å². The fraction of sp³-hybridized carbons (Fsp3) is 0.360. The zero-order valence-corrected chi connectivity index (χ0v) is 18.7. The van der Waals surface area contributed by atoms with Gasteiger partial charge in [-0.05, 0) is 61.6 Å². The summed E-state index contributed by atoms with van der Waals surface area (Å²) in [4.78, 5) is 25.7. The maximum atomic E-state index is 13.3. The second-order valence-electron chi connectivity index (χ2n) is 8.36. The number of carbonyl (C=O) groups excluding carboxylic acids is 2. The summed E-state index contributed by atoms with van der Waals surface area (Å²) in [7, 11) is 1.61. The average molecular weight is 440 g/mol. The first-order valence-corrected chi connectivity index (χ1v) is 10.9. The Balaban J connectivity index is 1.66. The van der Waals surface area contributed by atoms with Gasteiger partial charge in [-0.3, -0.25) is 9.59 Å². The molecule has 0 radical (unpaired) electrons. The fourth-order valence-electron chi connectivity index (χ4n) is 4.49. The highest BCUT2D eigenvalue weighted by Crippen LogP contribution is 2.44. The first kappa shape index (κ1) is 21.4. The molecule has 4 rings (SSSR count). The van der Waals surface area contributed by atoms with Crippen molar-refractivity contribution in [2.24, 2.45) is 0 Å². The quantitative estimate of drug-likeness (QED) is 0.700. The van der Waals surface area contributed by atoms with Gasteiger partial charge in [-0.25, -0.2) is 0 Å². The Hall–Kier alpha value is -2.79. The summed E-state index contributed by atoms with van der Waals surface area (Å²) in [6.07, 6.45) is 1.27. The van der Waals surface area contributed by atoms with Gasteiger partial charge in [0, 0.05) is 35.1 Å².